The van der Waals surface area contributed by atoms with Crippen LogP contribution >= 0.6 is 11.8 Å². The van der Waals surface area contributed by atoms with Crippen LogP contribution < -0.4 is 5.32 Å². The van der Waals surface area contributed by atoms with Crippen molar-refractivity contribution in [3.05, 3.63) is 35.4 Å². The molecule has 9 heteroatoms. The number of carbonyl (C=O) groups excluding carboxylic acids is 1. The van der Waals surface area contributed by atoms with Crippen LogP contribution in [0, 0.1) is 11.8 Å². The van der Waals surface area contributed by atoms with E-state index >= 15 is 0 Å². The standard InChI is InChI=1S/C16H19F3N2O3S/c1-25-9-11-4-2-3-10(5-11)6-20-15(24)21-7-12(14(22)23)13(8-21)16(17,18)19/h2-5,12-13H,6-9H2,1H3,(H,20,24)(H,22,23)/t12-,13-/m1/s1. The molecule has 5 nitrogen and oxygen atoms in total. The van der Waals surface area contributed by atoms with E-state index in [0.717, 1.165) is 21.8 Å². The minimum atomic E-state index is -4.65. The van der Waals surface area contributed by atoms with E-state index in [1.807, 2.05) is 30.5 Å². The molecule has 0 bridgehead atoms. The molecule has 1 aromatic carbocycles. The molecule has 1 aliphatic rings. The second-order valence-electron chi connectivity index (χ2n) is 5.91. The number of rotatable bonds is 5. The number of hydrogen-bond acceptors (Lipinski definition) is 3. The van der Waals surface area contributed by atoms with Gasteiger partial charge in [0, 0.05) is 25.4 Å². The molecule has 1 fully saturated rings. The fourth-order valence-corrected chi connectivity index (χ4v) is 3.35. The molecule has 2 N–H and O–H groups in total. The van der Waals surface area contributed by atoms with E-state index in [1.54, 1.807) is 11.8 Å². The molecule has 1 aromatic rings. The number of carbonyl (C=O) groups is 2. The van der Waals surface area contributed by atoms with Crippen LogP contribution in [0.4, 0.5) is 18.0 Å². The zero-order valence-electron chi connectivity index (χ0n) is 13.5. The number of amides is 2. The number of carboxylic acid groups (broad SMARTS) is 1. The molecule has 138 valence electrons. The summed E-state index contributed by atoms with van der Waals surface area (Å²) in [6, 6.07) is 6.84. The van der Waals surface area contributed by atoms with Crippen molar-refractivity contribution < 1.29 is 27.9 Å². The summed E-state index contributed by atoms with van der Waals surface area (Å²) < 4.78 is 38.9. The van der Waals surface area contributed by atoms with Gasteiger partial charge < -0.3 is 15.3 Å². The van der Waals surface area contributed by atoms with Gasteiger partial charge in [0.1, 0.15) is 0 Å². The van der Waals surface area contributed by atoms with Crippen molar-refractivity contribution in [1.29, 1.82) is 0 Å². The van der Waals surface area contributed by atoms with Gasteiger partial charge in [0.15, 0.2) is 0 Å². The predicted molar refractivity (Wildman–Crippen MR) is 88.1 cm³/mol. The smallest absolute Gasteiger partial charge is 0.394 e. The van der Waals surface area contributed by atoms with Gasteiger partial charge >= 0.3 is 18.2 Å². The number of nitrogens with zero attached hydrogens (tertiary/aromatic N) is 1. The summed E-state index contributed by atoms with van der Waals surface area (Å²) in [6.07, 6.45) is -2.68. The Kier molecular flexibility index (Phi) is 6.21. The highest BCUT2D eigenvalue weighted by molar-refractivity contribution is 7.97. The van der Waals surface area contributed by atoms with Gasteiger partial charge in [-0.25, -0.2) is 4.79 Å². The molecule has 2 amide bonds. The molecule has 0 aromatic heterocycles. The number of alkyl halides is 3. The maximum Gasteiger partial charge on any atom is 0.394 e. The topological polar surface area (TPSA) is 69.6 Å². The highest BCUT2D eigenvalue weighted by Gasteiger charge is 2.53. The van der Waals surface area contributed by atoms with Crippen LogP contribution in [0.15, 0.2) is 24.3 Å². The van der Waals surface area contributed by atoms with Crippen LogP contribution in [-0.2, 0) is 17.1 Å². The molecule has 2 rings (SSSR count). The third-order valence-electron chi connectivity index (χ3n) is 4.09. The number of likely N-dealkylation sites (tertiary alicyclic amines) is 1. The van der Waals surface area contributed by atoms with E-state index in [0.29, 0.717) is 0 Å². The normalized spacial score (nSPS) is 20.6. The van der Waals surface area contributed by atoms with Crippen molar-refractivity contribution in [2.45, 2.75) is 18.5 Å². The van der Waals surface area contributed by atoms with Gasteiger partial charge in [-0.15, -0.1) is 0 Å². The maximum absolute atomic E-state index is 13.0. The lowest BCUT2D eigenvalue weighted by Crippen LogP contribution is -2.39. The lowest BCUT2D eigenvalue weighted by Gasteiger charge is -2.18. The van der Waals surface area contributed by atoms with Crippen molar-refractivity contribution in [2.24, 2.45) is 11.8 Å². The van der Waals surface area contributed by atoms with Crippen molar-refractivity contribution in [1.82, 2.24) is 10.2 Å². The Bertz CT molecular complexity index is 639. The third kappa shape index (κ3) is 5.04. The van der Waals surface area contributed by atoms with Gasteiger partial charge in [-0.05, 0) is 17.4 Å². The quantitative estimate of drug-likeness (QED) is 0.829. The van der Waals surface area contributed by atoms with Crippen molar-refractivity contribution >= 4 is 23.8 Å². The van der Waals surface area contributed by atoms with Gasteiger partial charge in [-0.2, -0.15) is 24.9 Å². The largest absolute Gasteiger partial charge is 0.481 e. The molecule has 0 radical (unpaired) electrons. The molecule has 1 aliphatic heterocycles. The number of carboxylic acids is 1. The van der Waals surface area contributed by atoms with Gasteiger partial charge in [0.25, 0.3) is 0 Å². The molecule has 0 spiro atoms. The van der Waals surface area contributed by atoms with E-state index in [1.165, 1.54) is 0 Å². The molecule has 25 heavy (non-hydrogen) atoms. The van der Waals surface area contributed by atoms with E-state index in [2.05, 4.69) is 5.32 Å². The van der Waals surface area contributed by atoms with E-state index < -0.39 is 43.1 Å². The van der Waals surface area contributed by atoms with Gasteiger partial charge in [-0.3, -0.25) is 4.79 Å². The lowest BCUT2D eigenvalue weighted by atomic mass is 9.96. The first kappa shape index (κ1) is 19.4. The number of halogens is 3. The molecule has 0 unspecified atom stereocenters. The summed E-state index contributed by atoms with van der Waals surface area (Å²) in [4.78, 5) is 24.1. The average Bonchev–Trinajstić information content (AvgIpc) is 2.99. The number of urea groups is 1. The number of aliphatic carboxylic acids is 1. The fraction of sp³-hybridized carbons (Fsp3) is 0.500. The average molecular weight is 376 g/mol. The summed E-state index contributed by atoms with van der Waals surface area (Å²) in [5.41, 5.74) is 1.92. The molecule has 1 saturated heterocycles. The van der Waals surface area contributed by atoms with Crippen molar-refractivity contribution in [3.8, 4) is 0 Å². The number of benzene rings is 1. The predicted octanol–water partition coefficient (Wildman–Crippen LogP) is 2.95. The Hall–Kier alpha value is -1.90. The number of nitrogens with one attached hydrogen (secondary N) is 1. The van der Waals surface area contributed by atoms with E-state index in [-0.39, 0.29) is 6.54 Å². The Balaban J connectivity index is 1.97. The summed E-state index contributed by atoms with van der Waals surface area (Å²) in [5, 5.41) is 11.5. The van der Waals surface area contributed by atoms with Crippen molar-refractivity contribution in [3.63, 3.8) is 0 Å². The SMILES string of the molecule is CSCc1cccc(CNC(=O)N2C[C@@H](C(F)(F)F)[C@H](C(=O)O)C2)c1. The summed E-state index contributed by atoms with van der Waals surface area (Å²) in [7, 11) is 0. The molecule has 0 saturated carbocycles. The third-order valence-corrected chi connectivity index (χ3v) is 4.71. The van der Waals surface area contributed by atoms with Crippen LogP contribution in [-0.4, -0.2) is 47.5 Å². The van der Waals surface area contributed by atoms with Gasteiger partial charge in [-0.1, -0.05) is 24.3 Å². The van der Waals surface area contributed by atoms with Gasteiger partial charge in [0.2, 0.25) is 0 Å². The van der Waals surface area contributed by atoms with E-state index in [9.17, 15) is 22.8 Å². The fourth-order valence-electron chi connectivity index (χ4n) is 2.84. The Morgan fingerprint density at radius 3 is 2.56 bits per heavy atom. The minimum absolute atomic E-state index is 0.173. The van der Waals surface area contributed by atoms with Gasteiger partial charge in [0.05, 0.1) is 11.8 Å². The zero-order chi connectivity index (χ0) is 18.6. The number of thioether (sulfide) groups is 1. The monoisotopic (exact) mass is 376 g/mol. The first-order valence-corrected chi connectivity index (χ1v) is 9.00. The molecule has 2 atom stereocenters. The van der Waals surface area contributed by atoms with E-state index in [4.69, 9.17) is 5.11 Å². The summed E-state index contributed by atoms with van der Waals surface area (Å²) in [6.45, 7) is -0.914. The molecular weight excluding hydrogens is 357 g/mol. The summed E-state index contributed by atoms with van der Waals surface area (Å²) >= 11 is 1.66. The lowest BCUT2D eigenvalue weighted by molar-refractivity contribution is -0.187. The Labute approximate surface area is 147 Å². The van der Waals surface area contributed by atoms with Crippen molar-refractivity contribution in [2.75, 3.05) is 19.3 Å². The van der Waals surface area contributed by atoms with Crippen LogP contribution in [0.5, 0.6) is 0 Å². The molecule has 1 heterocycles. The van der Waals surface area contributed by atoms with Crippen LogP contribution in [0.3, 0.4) is 0 Å². The second-order valence-corrected chi connectivity index (χ2v) is 6.78. The van der Waals surface area contributed by atoms with Crippen LogP contribution in [0.25, 0.3) is 0 Å². The highest BCUT2D eigenvalue weighted by atomic mass is 32.2. The highest BCUT2D eigenvalue weighted by Crippen LogP contribution is 2.37. The second kappa shape index (κ2) is 7.99. The molecular formula is C16H19F3N2O3S. The van der Waals surface area contributed by atoms with Crippen LogP contribution in [0.2, 0.25) is 0 Å². The van der Waals surface area contributed by atoms with Crippen LogP contribution in [0.1, 0.15) is 11.1 Å². The first-order chi connectivity index (χ1) is 11.7. The zero-order valence-corrected chi connectivity index (χ0v) is 14.4. The maximum atomic E-state index is 13.0. The minimum Gasteiger partial charge on any atom is -0.481 e. The Morgan fingerprint density at radius 2 is 2.00 bits per heavy atom. The molecule has 0 aliphatic carbocycles. The number of hydrogen-bond donors (Lipinski definition) is 2. The first-order valence-electron chi connectivity index (χ1n) is 7.61. The summed E-state index contributed by atoms with van der Waals surface area (Å²) in [5.74, 6) is -4.39. The Morgan fingerprint density at radius 1 is 1.32 bits per heavy atom.